The van der Waals surface area contributed by atoms with Crippen LogP contribution in [0, 0.1) is 5.82 Å². The zero-order valence-electron chi connectivity index (χ0n) is 11.6. The van der Waals surface area contributed by atoms with Gasteiger partial charge in [0.2, 0.25) is 5.91 Å². The summed E-state index contributed by atoms with van der Waals surface area (Å²) >= 11 is 1.35. The first-order valence-electron chi connectivity index (χ1n) is 6.91. The van der Waals surface area contributed by atoms with Crippen LogP contribution in [0.4, 0.5) is 4.39 Å². The van der Waals surface area contributed by atoms with Gasteiger partial charge in [0.1, 0.15) is 5.82 Å². The predicted molar refractivity (Wildman–Crippen MR) is 78.2 cm³/mol. The quantitative estimate of drug-likeness (QED) is 0.821. The fourth-order valence-corrected chi connectivity index (χ4v) is 3.31. The number of benzene rings is 1. The molecule has 0 atom stereocenters. The number of carbonyl (C=O) groups excluding carboxylic acids is 1. The standard InChI is InChI=1S/C15H20FNO2S/c1-2-8-15(19)10-17(11-15)14(18)7-9-20-13-6-4-3-5-12(13)16/h3-6,19H,2,7-11H2,1H3. The number of aliphatic hydroxyl groups is 1. The van der Waals surface area contributed by atoms with Gasteiger partial charge in [-0.15, -0.1) is 11.8 Å². The zero-order chi connectivity index (χ0) is 14.6. The van der Waals surface area contributed by atoms with E-state index >= 15 is 0 Å². The van der Waals surface area contributed by atoms with Crippen molar-refractivity contribution in [3.05, 3.63) is 30.1 Å². The highest BCUT2D eigenvalue weighted by Crippen LogP contribution is 2.27. The Hall–Kier alpha value is -1.07. The molecule has 1 aromatic carbocycles. The van der Waals surface area contributed by atoms with Crippen molar-refractivity contribution >= 4 is 17.7 Å². The highest BCUT2D eigenvalue weighted by molar-refractivity contribution is 7.99. The molecule has 3 nitrogen and oxygen atoms in total. The minimum atomic E-state index is -0.677. The van der Waals surface area contributed by atoms with Crippen LogP contribution in [0.15, 0.2) is 29.2 Å². The average molecular weight is 297 g/mol. The van der Waals surface area contributed by atoms with E-state index in [4.69, 9.17) is 0 Å². The maximum absolute atomic E-state index is 13.4. The third-order valence-electron chi connectivity index (χ3n) is 3.45. The number of amides is 1. The van der Waals surface area contributed by atoms with E-state index in [2.05, 4.69) is 0 Å². The zero-order valence-corrected chi connectivity index (χ0v) is 12.5. The van der Waals surface area contributed by atoms with Crippen LogP contribution >= 0.6 is 11.8 Å². The van der Waals surface area contributed by atoms with Gasteiger partial charge >= 0.3 is 0 Å². The summed E-state index contributed by atoms with van der Waals surface area (Å²) in [5.74, 6) is 0.350. The Balaban J connectivity index is 1.71. The first-order chi connectivity index (χ1) is 9.54. The van der Waals surface area contributed by atoms with Crippen LogP contribution in [0.25, 0.3) is 0 Å². The molecule has 0 unspecified atom stereocenters. The Morgan fingerprint density at radius 1 is 1.45 bits per heavy atom. The summed E-state index contributed by atoms with van der Waals surface area (Å²) in [6, 6.07) is 6.57. The number of rotatable bonds is 6. The molecule has 5 heteroatoms. The summed E-state index contributed by atoms with van der Waals surface area (Å²) < 4.78 is 13.4. The Labute approximate surface area is 123 Å². The Kier molecular flexibility index (Phi) is 5.05. The molecule has 0 spiro atoms. The van der Waals surface area contributed by atoms with E-state index < -0.39 is 5.60 Å². The fourth-order valence-electron chi connectivity index (χ4n) is 2.43. The molecule has 2 rings (SSSR count). The second-order valence-corrected chi connectivity index (χ2v) is 6.39. The number of hydrogen-bond donors (Lipinski definition) is 1. The van der Waals surface area contributed by atoms with Gasteiger partial charge in [0.15, 0.2) is 0 Å². The second kappa shape index (κ2) is 6.59. The van der Waals surface area contributed by atoms with Crippen molar-refractivity contribution in [1.82, 2.24) is 4.90 Å². The fraction of sp³-hybridized carbons (Fsp3) is 0.533. The largest absolute Gasteiger partial charge is 0.386 e. The predicted octanol–water partition coefficient (Wildman–Crippen LogP) is 2.68. The lowest BCUT2D eigenvalue weighted by Crippen LogP contribution is -2.63. The monoisotopic (exact) mass is 297 g/mol. The SMILES string of the molecule is CCCC1(O)CN(C(=O)CCSc2ccccc2F)C1. The van der Waals surface area contributed by atoms with E-state index in [1.54, 1.807) is 23.1 Å². The van der Waals surface area contributed by atoms with Crippen LogP contribution in [0.1, 0.15) is 26.2 Å². The van der Waals surface area contributed by atoms with Gasteiger partial charge in [-0.3, -0.25) is 4.79 Å². The summed E-state index contributed by atoms with van der Waals surface area (Å²) in [6.45, 7) is 2.89. The van der Waals surface area contributed by atoms with Crippen molar-refractivity contribution in [1.29, 1.82) is 0 Å². The van der Waals surface area contributed by atoms with Gasteiger partial charge in [-0.25, -0.2) is 4.39 Å². The summed E-state index contributed by atoms with van der Waals surface area (Å²) in [5.41, 5.74) is -0.677. The highest BCUT2D eigenvalue weighted by Gasteiger charge is 2.42. The Morgan fingerprint density at radius 3 is 2.80 bits per heavy atom. The van der Waals surface area contributed by atoms with E-state index in [9.17, 15) is 14.3 Å². The van der Waals surface area contributed by atoms with E-state index in [-0.39, 0.29) is 11.7 Å². The maximum atomic E-state index is 13.4. The van der Waals surface area contributed by atoms with Crippen LogP contribution in [0.3, 0.4) is 0 Å². The van der Waals surface area contributed by atoms with Gasteiger partial charge in [-0.1, -0.05) is 25.5 Å². The first kappa shape index (κ1) is 15.3. The van der Waals surface area contributed by atoms with E-state index in [1.807, 2.05) is 6.92 Å². The smallest absolute Gasteiger partial charge is 0.223 e. The van der Waals surface area contributed by atoms with Crippen molar-refractivity contribution in [3.63, 3.8) is 0 Å². The van der Waals surface area contributed by atoms with Gasteiger partial charge in [-0.05, 0) is 18.6 Å². The van der Waals surface area contributed by atoms with Crippen molar-refractivity contribution in [3.8, 4) is 0 Å². The van der Waals surface area contributed by atoms with Crippen molar-refractivity contribution in [2.24, 2.45) is 0 Å². The Morgan fingerprint density at radius 2 is 2.15 bits per heavy atom. The molecule has 20 heavy (non-hydrogen) atoms. The van der Waals surface area contributed by atoms with Crippen LogP contribution in [-0.2, 0) is 4.79 Å². The molecule has 0 bridgehead atoms. The average Bonchev–Trinajstić information content (AvgIpc) is 2.38. The van der Waals surface area contributed by atoms with E-state index in [1.165, 1.54) is 17.8 Å². The third kappa shape index (κ3) is 3.73. The van der Waals surface area contributed by atoms with Crippen LogP contribution in [0.2, 0.25) is 0 Å². The van der Waals surface area contributed by atoms with Crippen molar-refractivity contribution in [2.45, 2.75) is 36.7 Å². The number of thioether (sulfide) groups is 1. The number of β-amino-alcohol motifs (C(OH)–C–C–N with tert-alkyl or cyclic N) is 1. The van der Waals surface area contributed by atoms with Gasteiger partial charge in [0.05, 0.1) is 18.7 Å². The van der Waals surface area contributed by atoms with Gasteiger partial charge in [0.25, 0.3) is 0 Å². The lowest BCUT2D eigenvalue weighted by Gasteiger charge is -2.46. The van der Waals surface area contributed by atoms with Gasteiger partial charge in [0, 0.05) is 17.1 Å². The summed E-state index contributed by atoms with van der Waals surface area (Å²) in [7, 11) is 0. The molecule has 1 aliphatic heterocycles. The molecule has 1 aliphatic rings. The number of likely N-dealkylation sites (tertiary alicyclic amines) is 1. The Bertz CT molecular complexity index is 475. The van der Waals surface area contributed by atoms with Crippen LogP contribution < -0.4 is 0 Å². The molecular weight excluding hydrogens is 277 g/mol. The summed E-state index contributed by atoms with van der Waals surface area (Å²) in [5, 5.41) is 10.0. The highest BCUT2D eigenvalue weighted by atomic mass is 32.2. The third-order valence-corrected chi connectivity index (χ3v) is 4.50. The van der Waals surface area contributed by atoms with Crippen LogP contribution in [0.5, 0.6) is 0 Å². The van der Waals surface area contributed by atoms with Crippen molar-refractivity contribution in [2.75, 3.05) is 18.8 Å². The lowest BCUT2D eigenvalue weighted by atomic mass is 9.89. The molecule has 0 aliphatic carbocycles. The van der Waals surface area contributed by atoms with Gasteiger partial charge in [-0.2, -0.15) is 0 Å². The van der Waals surface area contributed by atoms with Gasteiger partial charge < -0.3 is 10.0 Å². The maximum Gasteiger partial charge on any atom is 0.223 e. The minimum Gasteiger partial charge on any atom is -0.386 e. The normalized spacial score (nSPS) is 16.9. The molecule has 1 aromatic rings. The molecule has 0 aromatic heterocycles. The lowest BCUT2D eigenvalue weighted by molar-refractivity contribution is -0.156. The number of carbonyl (C=O) groups is 1. The molecule has 1 N–H and O–H groups in total. The molecule has 1 fully saturated rings. The van der Waals surface area contributed by atoms with E-state index in [0.717, 1.165) is 12.8 Å². The number of hydrogen-bond acceptors (Lipinski definition) is 3. The minimum absolute atomic E-state index is 0.0367. The van der Waals surface area contributed by atoms with Crippen molar-refractivity contribution < 1.29 is 14.3 Å². The number of nitrogens with zero attached hydrogens (tertiary/aromatic N) is 1. The molecule has 0 radical (unpaired) electrons. The second-order valence-electron chi connectivity index (χ2n) is 5.25. The van der Waals surface area contributed by atoms with Crippen LogP contribution in [-0.4, -0.2) is 40.4 Å². The molecule has 110 valence electrons. The molecule has 1 amide bonds. The summed E-state index contributed by atoms with van der Waals surface area (Å²) in [6.07, 6.45) is 2.03. The number of halogens is 1. The van der Waals surface area contributed by atoms with E-state index in [0.29, 0.717) is 30.2 Å². The molecule has 1 saturated heterocycles. The molecular formula is C15H20FNO2S. The first-order valence-corrected chi connectivity index (χ1v) is 7.90. The summed E-state index contributed by atoms with van der Waals surface area (Å²) in [4.78, 5) is 14.2. The molecule has 1 heterocycles. The molecule has 0 saturated carbocycles. The topological polar surface area (TPSA) is 40.5 Å².